The molecular weight excluding hydrogens is 272 g/mol. The van der Waals surface area contributed by atoms with Crippen molar-refractivity contribution in [1.29, 1.82) is 0 Å². The van der Waals surface area contributed by atoms with Crippen LogP contribution in [0.2, 0.25) is 0 Å². The molecule has 2 rings (SSSR count). The quantitative estimate of drug-likeness (QED) is 0.856. The fourth-order valence-electron chi connectivity index (χ4n) is 1.99. The van der Waals surface area contributed by atoms with Gasteiger partial charge in [-0.15, -0.1) is 0 Å². The Hall–Kier alpha value is -1.30. The summed E-state index contributed by atoms with van der Waals surface area (Å²) in [7, 11) is 0. The first-order valence-electron chi connectivity index (χ1n) is 6.59. The summed E-state index contributed by atoms with van der Waals surface area (Å²) >= 11 is 1.62. The van der Waals surface area contributed by atoms with Gasteiger partial charge in [-0.1, -0.05) is 12.1 Å². The van der Waals surface area contributed by atoms with Crippen molar-refractivity contribution in [2.45, 2.75) is 25.7 Å². The highest BCUT2D eigenvalue weighted by Gasteiger charge is 2.05. The van der Waals surface area contributed by atoms with Gasteiger partial charge in [0.15, 0.2) is 0 Å². The van der Waals surface area contributed by atoms with Crippen molar-refractivity contribution in [1.82, 2.24) is 9.78 Å². The Labute approximate surface area is 123 Å². The van der Waals surface area contributed by atoms with Crippen LogP contribution in [0.4, 0.5) is 0 Å². The smallest absolute Gasteiger partial charge is 0.0861 e. The average molecular weight is 292 g/mol. The van der Waals surface area contributed by atoms with Crippen LogP contribution >= 0.6 is 11.8 Å². The molecule has 0 aliphatic rings. The SMILES string of the molecule is Cc1cc(C)n(-c2ccc(CSC[C@H](O)CO)cc2)n1. The summed E-state index contributed by atoms with van der Waals surface area (Å²) in [4.78, 5) is 0. The first-order valence-corrected chi connectivity index (χ1v) is 7.75. The van der Waals surface area contributed by atoms with E-state index in [1.54, 1.807) is 11.8 Å². The van der Waals surface area contributed by atoms with Gasteiger partial charge in [0.05, 0.1) is 24.1 Å². The molecule has 0 unspecified atom stereocenters. The molecule has 0 saturated heterocycles. The van der Waals surface area contributed by atoms with E-state index >= 15 is 0 Å². The standard InChI is InChI=1S/C15H20N2O2S/c1-11-7-12(2)17(16-11)14-5-3-13(4-6-14)9-20-10-15(19)8-18/h3-7,15,18-19H,8-10H2,1-2H3/t15-/m1/s1. The molecule has 2 aromatic rings. The zero-order valence-electron chi connectivity index (χ0n) is 11.8. The fraction of sp³-hybridized carbons (Fsp3) is 0.400. The molecule has 1 aromatic heterocycles. The van der Waals surface area contributed by atoms with Crippen molar-refractivity contribution in [2.75, 3.05) is 12.4 Å². The number of aryl methyl sites for hydroxylation is 2. The van der Waals surface area contributed by atoms with Crippen LogP contribution < -0.4 is 0 Å². The molecule has 0 saturated carbocycles. The molecule has 0 aliphatic heterocycles. The van der Waals surface area contributed by atoms with E-state index in [0.717, 1.165) is 22.8 Å². The van der Waals surface area contributed by atoms with Gasteiger partial charge < -0.3 is 10.2 Å². The number of rotatable bonds is 6. The van der Waals surface area contributed by atoms with E-state index in [4.69, 9.17) is 5.11 Å². The minimum atomic E-state index is -0.631. The third-order valence-corrected chi connectivity index (χ3v) is 4.14. The van der Waals surface area contributed by atoms with E-state index in [1.165, 1.54) is 5.56 Å². The molecular formula is C15H20N2O2S. The number of aliphatic hydroxyl groups is 2. The average Bonchev–Trinajstić information content (AvgIpc) is 2.78. The van der Waals surface area contributed by atoms with E-state index in [0.29, 0.717) is 5.75 Å². The Balaban J connectivity index is 1.98. The highest BCUT2D eigenvalue weighted by atomic mass is 32.2. The molecule has 0 fully saturated rings. The monoisotopic (exact) mass is 292 g/mol. The summed E-state index contributed by atoms with van der Waals surface area (Å²) in [6.07, 6.45) is -0.631. The lowest BCUT2D eigenvalue weighted by atomic mass is 10.2. The van der Waals surface area contributed by atoms with Crippen LogP contribution in [0.15, 0.2) is 30.3 Å². The number of thioether (sulfide) groups is 1. The predicted molar refractivity (Wildman–Crippen MR) is 82.3 cm³/mol. The normalized spacial score (nSPS) is 12.6. The van der Waals surface area contributed by atoms with Crippen molar-refractivity contribution in [3.63, 3.8) is 0 Å². The second kappa shape index (κ2) is 6.92. The van der Waals surface area contributed by atoms with Crippen molar-refractivity contribution < 1.29 is 10.2 Å². The molecule has 1 aromatic carbocycles. The number of aromatic nitrogens is 2. The van der Waals surface area contributed by atoms with Crippen molar-refractivity contribution in [3.8, 4) is 5.69 Å². The fourth-order valence-corrected chi connectivity index (χ4v) is 2.91. The minimum absolute atomic E-state index is 0.177. The maximum atomic E-state index is 9.28. The zero-order chi connectivity index (χ0) is 14.5. The lowest BCUT2D eigenvalue weighted by molar-refractivity contribution is 0.113. The summed E-state index contributed by atoms with van der Waals surface area (Å²) < 4.78 is 1.93. The molecule has 20 heavy (non-hydrogen) atoms. The Kier molecular flexibility index (Phi) is 5.23. The molecule has 0 bridgehead atoms. The highest BCUT2D eigenvalue weighted by Crippen LogP contribution is 2.17. The minimum Gasteiger partial charge on any atom is -0.394 e. The van der Waals surface area contributed by atoms with Crippen LogP contribution in [0, 0.1) is 13.8 Å². The van der Waals surface area contributed by atoms with Crippen LogP contribution in [0.1, 0.15) is 17.0 Å². The number of benzene rings is 1. The molecule has 0 spiro atoms. The third-order valence-electron chi connectivity index (χ3n) is 2.98. The predicted octanol–water partition coefficient (Wildman–Crippen LogP) is 2.08. The summed E-state index contributed by atoms with van der Waals surface area (Å²) in [5.41, 5.74) is 4.39. The van der Waals surface area contributed by atoms with Crippen molar-refractivity contribution in [2.24, 2.45) is 0 Å². The molecule has 0 aliphatic carbocycles. The number of aliphatic hydroxyl groups excluding tert-OH is 2. The molecule has 4 nitrogen and oxygen atoms in total. The van der Waals surface area contributed by atoms with Gasteiger partial charge >= 0.3 is 0 Å². The first-order chi connectivity index (χ1) is 9.60. The maximum Gasteiger partial charge on any atom is 0.0861 e. The van der Waals surface area contributed by atoms with Crippen molar-refractivity contribution in [3.05, 3.63) is 47.3 Å². The van der Waals surface area contributed by atoms with E-state index in [-0.39, 0.29) is 6.61 Å². The summed E-state index contributed by atoms with van der Waals surface area (Å²) in [5, 5.41) is 22.5. The molecule has 0 radical (unpaired) electrons. The highest BCUT2D eigenvalue weighted by molar-refractivity contribution is 7.98. The van der Waals surface area contributed by atoms with Gasteiger partial charge in [0.25, 0.3) is 0 Å². The van der Waals surface area contributed by atoms with Crippen molar-refractivity contribution >= 4 is 11.8 Å². The van der Waals surface area contributed by atoms with E-state index in [2.05, 4.69) is 35.4 Å². The summed E-state index contributed by atoms with van der Waals surface area (Å²) in [5.74, 6) is 1.38. The molecule has 1 atom stereocenters. The lowest BCUT2D eigenvalue weighted by Crippen LogP contribution is -2.14. The number of nitrogens with zero attached hydrogens (tertiary/aromatic N) is 2. The lowest BCUT2D eigenvalue weighted by Gasteiger charge is -2.08. The van der Waals surface area contributed by atoms with Gasteiger partial charge in [-0.25, -0.2) is 4.68 Å². The van der Waals surface area contributed by atoms with Crippen LogP contribution in [-0.4, -0.2) is 38.5 Å². The summed E-state index contributed by atoms with van der Waals surface area (Å²) in [6.45, 7) is 3.85. The first kappa shape index (κ1) is 15.1. The summed E-state index contributed by atoms with van der Waals surface area (Å²) in [6, 6.07) is 10.3. The van der Waals surface area contributed by atoms with Gasteiger partial charge in [-0.2, -0.15) is 16.9 Å². The van der Waals surface area contributed by atoms with Gasteiger partial charge in [0, 0.05) is 17.2 Å². The Morgan fingerprint density at radius 1 is 1.25 bits per heavy atom. The Morgan fingerprint density at radius 3 is 2.50 bits per heavy atom. The van der Waals surface area contributed by atoms with Gasteiger partial charge in [0.1, 0.15) is 0 Å². The third kappa shape index (κ3) is 3.85. The molecule has 2 N–H and O–H groups in total. The number of hydrogen-bond donors (Lipinski definition) is 2. The van der Waals surface area contributed by atoms with Gasteiger partial charge in [-0.05, 0) is 37.6 Å². The van der Waals surface area contributed by atoms with E-state index in [1.807, 2.05) is 18.5 Å². The van der Waals surface area contributed by atoms with Crippen LogP contribution in [-0.2, 0) is 5.75 Å². The largest absolute Gasteiger partial charge is 0.394 e. The van der Waals surface area contributed by atoms with Crippen LogP contribution in [0.25, 0.3) is 5.69 Å². The number of hydrogen-bond acceptors (Lipinski definition) is 4. The van der Waals surface area contributed by atoms with Gasteiger partial charge in [0.2, 0.25) is 0 Å². The molecule has 1 heterocycles. The second-order valence-corrected chi connectivity index (χ2v) is 5.89. The van der Waals surface area contributed by atoms with E-state index < -0.39 is 6.10 Å². The topological polar surface area (TPSA) is 58.3 Å². The molecule has 108 valence electrons. The molecule has 0 amide bonds. The second-order valence-electron chi connectivity index (χ2n) is 4.86. The van der Waals surface area contributed by atoms with Crippen LogP contribution in [0.3, 0.4) is 0 Å². The zero-order valence-corrected chi connectivity index (χ0v) is 12.6. The molecule has 5 heteroatoms. The Bertz CT molecular complexity index is 552. The maximum absolute atomic E-state index is 9.28. The Morgan fingerprint density at radius 2 is 1.95 bits per heavy atom. The van der Waals surface area contributed by atoms with Crippen LogP contribution in [0.5, 0.6) is 0 Å². The van der Waals surface area contributed by atoms with E-state index in [9.17, 15) is 5.11 Å². The van der Waals surface area contributed by atoms with Gasteiger partial charge in [-0.3, -0.25) is 0 Å².